The van der Waals surface area contributed by atoms with Crippen molar-refractivity contribution >= 4 is 5.78 Å². The number of fused-ring (bicyclic) bond motifs is 1. The molecule has 15 heavy (non-hydrogen) atoms. The number of ketones is 1. The number of Topliss-reactive ketones (excluding diaryl/α,β-unsaturated/α-hetero) is 1. The molecule has 2 rings (SSSR count). The first-order valence-electron chi connectivity index (χ1n) is 5.14. The number of carbonyl (C=O) groups is 1. The van der Waals surface area contributed by atoms with Gasteiger partial charge in [0.25, 0.3) is 0 Å². The fourth-order valence-corrected chi connectivity index (χ4v) is 1.94. The van der Waals surface area contributed by atoms with Crippen LogP contribution in [0.25, 0.3) is 0 Å². The summed E-state index contributed by atoms with van der Waals surface area (Å²) in [5, 5.41) is 3.14. The summed E-state index contributed by atoms with van der Waals surface area (Å²) in [6.07, 6.45) is 0. The summed E-state index contributed by atoms with van der Waals surface area (Å²) in [6.45, 7) is 3.40. The lowest BCUT2D eigenvalue weighted by atomic mass is 9.95. The molecule has 80 valence electrons. The second kappa shape index (κ2) is 4.03. The molecule has 1 aliphatic heterocycles. The van der Waals surface area contributed by atoms with Crippen LogP contribution in [0.15, 0.2) is 18.2 Å². The molecule has 0 fully saturated rings. The molecule has 1 aromatic rings. The van der Waals surface area contributed by atoms with E-state index in [0.717, 1.165) is 23.4 Å². The highest BCUT2D eigenvalue weighted by atomic mass is 16.5. The van der Waals surface area contributed by atoms with E-state index in [-0.39, 0.29) is 5.78 Å². The Morgan fingerprint density at radius 3 is 3.00 bits per heavy atom. The van der Waals surface area contributed by atoms with Crippen LogP contribution < -0.4 is 10.1 Å². The van der Waals surface area contributed by atoms with Gasteiger partial charge in [0.05, 0.1) is 13.7 Å². The number of hydrogen-bond acceptors (Lipinski definition) is 3. The zero-order valence-corrected chi connectivity index (χ0v) is 9.04. The van der Waals surface area contributed by atoms with Crippen molar-refractivity contribution in [2.45, 2.75) is 12.8 Å². The second-order valence-corrected chi connectivity index (χ2v) is 3.91. The van der Waals surface area contributed by atoms with Crippen molar-refractivity contribution in [3.05, 3.63) is 29.3 Å². The van der Waals surface area contributed by atoms with E-state index in [0.29, 0.717) is 12.5 Å². The molecule has 1 atom stereocenters. The zero-order chi connectivity index (χ0) is 10.8. The van der Waals surface area contributed by atoms with Crippen LogP contribution in [0.1, 0.15) is 28.8 Å². The van der Waals surface area contributed by atoms with Crippen LogP contribution >= 0.6 is 0 Å². The monoisotopic (exact) mass is 205 g/mol. The Hall–Kier alpha value is -1.35. The third-order valence-corrected chi connectivity index (χ3v) is 2.83. The Morgan fingerprint density at radius 2 is 2.27 bits per heavy atom. The standard InChI is InChI=1S/C12H15NO2/c1-8-6-13-7-12(14)11-5-9(15-2)3-4-10(8)11/h3-5,8,13H,6-7H2,1-2H3. The van der Waals surface area contributed by atoms with E-state index >= 15 is 0 Å². The van der Waals surface area contributed by atoms with Gasteiger partial charge >= 0.3 is 0 Å². The summed E-state index contributed by atoms with van der Waals surface area (Å²) in [6, 6.07) is 5.73. The molecule has 1 unspecified atom stereocenters. The predicted molar refractivity (Wildman–Crippen MR) is 58.6 cm³/mol. The minimum Gasteiger partial charge on any atom is -0.497 e. The molecule has 0 saturated carbocycles. The molecule has 3 nitrogen and oxygen atoms in total. The van der Waals surface area contributed by atoms with E-state index in [2.05, 4.69) is 12.2 Å². The summed E-state index contributed by atoms with van der Waals surface area (Å²) in [7, 11) is 1.62. The quantitative estimate of drug-likeness (QED) is 0.756. The first-order valence-corrected chi connectivity index (χ1v) is 5.14. The van der Waals surface area contributed by atoms with Gasteiger partial charge in [-0.2, -0.15) is 0 Å². The van der Waals surface area contributed by atoms with Crippen LogP contribution in [0.2, 0.25) is 0 Å². The summed E-state index contributed by atoms with van der Waals surface area (Å²) >= 11 is 0. The molecular weight excluding hydrogens is 190 g/mol. The minimum atomic E-state index is 0.147. The first-order chi connectivity index (χ1) is 7.22. The third-order valence-electron chi connectivity index (χ3n) is 2.83. The number of benzene rings is 1. The van der Waals surface area contributed by atoms with E-state index in [9.17, 15) is 4.79 Å². The molecule has 0 spiro atoms. The summed E-state index contributed by atoms with van der Waals surface area (Å²) in [5.74, 6) is 1.27. The summed E-state index contributed by atoms with van der Waals surface area (Å²) in [4.78, 5) is 11.8. The highest BCUT2D eigenvalue weighted by Crippen LogP contribution is 2.25. The number of methoxy groups -OCH3 is 1. The van der Waals surface area contributed by atoms with Crippen LogP contribution in [0.4, 0.5) is 0 Å². The fraction of sp³-hybridized carbons (Fsp3) is 0.417. The average molecular weight is 205 g/mol. The molecule has 0 amide bonds. The normalized spacial score (nSPS) is 20.7. The number of ether oxygens (including phenoxy) is 1. The van der Waals surface area contributed by atoms with Crippen LogP contribution in [-0.2, 0) is 0 Å². The molecule has 1 aromatic carbocycles. The van der Waals surface area contributed by atoms with Crippen molar-refractivity contribution in [1.82, 2.24) is 5.32 Å². The number of carbonyl (C=O) groups excluding carboxylic acids is 1. The van der Waals surface area contributed by atoms with E-state index in [1.807, 2.05) is 18.2 Å². The van der Waals surface area contributed by atoms with Crippen molar-refractivity contribution in [2.75, 3.05) is 20.2 Å². The highest BCUT2D eigenvalue weighted by Gasteiger charge is 2.20. The molecule has 1 N–H and O–H groups in total. The van der Waals surface area contributed by atoms with Gasteiger partial charge in [-0.25, -0.2) is 0 Å². The molecule has 0 saturated heterocycles. The van der Waals surface area contributed by atoms with Crippen LogP contribution in [0, 0.1) is 0 Å². The lowest BCUT2D eigenvalue weighted by Gasteiger charge is -2.12. The largest absolute Gasteiger partial charge is 0.497 e. The Labute approximate surface area is 89.4 Å². The molecular formula is C12H15NO2. The molecule has 1 aliphatic rings. The van der Waals surface area contributed by atoms with Gasteiger partial charge in [-0.1, -0.05) is 13.0 Å². The number of hydrogen-bond donors (Lipinski definition) is 1. The molecule has 0 bridgehead atoms. The van der Waals surface area contributed by atoms with Crippen LogP contribution in [0.5, 0.6) is 5.75 Å². The summed E-state index contributed by atoms with van der Waals surface area (Å²) < 4.78 is 5.13. The van der Waals surface area contributed by atoms with E-state index < -0.39 is 0 Å². The summed E-state index contributed by atoms with van der Waals surface area (Å²) in [5.41, 5.74) is 1.91. The molecule has 0 aliphatic carbocycles. The van der Waals surface area contributed by atoms with Crippen molar-refractivity contribution in [1.29, 1.82) is 0 Å². The fourth-order valence-electron chi connectivity index (χ4n) is 1.94. The molecule has 3 heteroatoms. The van der Waals surface area contributed by atoms with E-state index in [1.165, 1.54) is 0 Å². The SMILES string of the molecule is COc1ccc2c(c1)C(=O)CNCC2C. The van der Waals surface area contributed by atoms with E-state index in [1.54, 1.807) is 7.11 Å². The smallest absolute Gasteiger partial charge is 0.177 e. The highest BCUT2D eigenvalue weighted by molar-refractivity contribution is 5.99. The van der Waals surface area contributed by atoms with Crippen LogP contribution in [-0.4, -0.2) is 26.0 Å². The Kier molecular flexibility index (Phi) is 2.73. The maximum absolute atomic E-state index is 11.8. The Bertz CT molecular complexity index is 387. The lowest BCUT2D eigenvalue weighted by Crippen LogP contribution is -2.22. The maximum atomic E-state index is 11.8. The van der Waals surface area contributed by atoms with Gasteiger partial charge in [0, 0.05) is 12.1 Å². The number of rotatable bonds is 1. The minimum absolute atomic E-state index is 0.147. The third kappa shape index (κ3) is 1.88. The predicted octanol–water partition coefficient (Wildman–Crippen LogP) is 1.58. The van der Waals surface area contributed by atoms with Crippen molar-refractivity contribution in [2.24, 2.45) is 0 Å². The molecule has 0 aromatic heterocycles. The zero-order valence-electron chi connectivity index (χ0n) is 9.04. The van der Waals surface area contributed by atoms with Gasteiger partial charge in [0.15, 0.2) is 5.78 Å². The van der Waals surface area contributed by atoms with Gasteiger partial charge in [0.1, 0.15) is 5.75 Å². The van der Waals surface area contributed by atoms with Gasteiger partial charge < -0.3 is 10.1 Å². The Morgan fingerprint density at radius 1 is 1.47 bits per heavy atom. The van der Waals surface area contributed by atoms with E-state index in [4.69, 9.17) is 4.74 Å². The van der Waals surface area contributed by atoms with Gasteiger partial charge in [0.2, 0.25) is 0 Å². The lowest BCUT2D eigenvalue weighted by molar-refractivity contribution is 0.0993. The number of nitrogens with one attached hydrogen (secondary N) is 1. The van der Waals surface area contributed by atoms with Gasteiger partial charge in [-0.3, -0.25) is 4.79 Å². The molecule has 0 radical (unpaired) electrons. The Balaban J connectivity index is 2.50. The maximum Gasteiger partial charge on any atom is 0.177 e. The topological polar surface area (TPSA) is 38.3 Å². The average Bonchev–Trinajstić information content (AvgIpc) is 2.40. The van der Waals surface area contributed by atoms with Gasteiger partial charge in [-0.15, -0.1) is 0 Å². The molecule has 1 heterocycles. The first kappa shape index (κ1) is 10.2. The van der Waals surface area contributed by atoms with Gasteiger partial charge in [-0.05, 0) is 23.6 Å². The van der Waals surface area contributed by atoms with Crippen molar-refractivity contribution < 1.29 is 9.53 Å². The van der Waals surface area contributed by atoms with Crippen molar-refractivity contribution in [3.63, 3.8) is 0 Å². The second-order valence-electron chi connectivity index (χ2n) is 3.91. The van der Waals surface area contributed by atoms with Crippen LogP contribution in [0.3, 0.4) is 0 Å². The van der Waals surface area contributed by atoms with Crippen molar-refractivity contribution in [3.8, 4) is 5.75 Å².